The smallest absolute Gasteiger partial charge is 0.348 e. The molecule has 1 aromatic rings. The number of benzene rings is 1. The number of hydrogen-bond donors (Lipinski definition) is 1. The van der Waals surface area contributed by atoms with Crippen LogP contribution in [-0.4, -0.2) is 37.8 Å². The molecule has 6 heteroatoms. The minimum Gasteiger partial charge on any atom is -0.479 e. The van der Waals surface area contributed by atoms with Crippen LogP contribution in [0.3, 0.4) is 0 Å². The van der Waals surface area contributed by atoms with Gasteiger partial charge in [-0.25, -0.2) is 9.59 Å². The van der Waals surface area contributed by atoms with Crippen molar-refractivity contribution in [2.45, 2.75) is 123 Å². The molecule has 0 bridgehead atoms. The number of nitrogens with one attached hydrogen (secondary N) is 1. The summed E-state index contributed by atoms with van der Waals surface area (Å²) < 4.78 is 15.9. The van der Waals surface area contributed by atoms with Crippen molar-refractivity contribution in [3.05, 3.63) is 24.3 Å². The van der Waals surface area contributed by atoms with Crippen LogP contribution in [0.2, 0.25) is 0 Å². The molecule has 0 amide bonds. The zero-order valence-electron chi connectivity index (χ0n) is 22.6. The number of carbonyl (C=O) groups is 2. The molecule has 0 aromatic heterocycles. The predicted octanol–water partition coefficient (Wildman–Crippen LogP) is 7.45. The Bertz CT molecular complexity index is 676. The van der Waals surface area contributed by atoms with E-state index in [4.69, 9.17) is 14.2 Å². The number of ether oxygens (including phenoxy) is 3. The highest BCUT2D eigenvalue weighted by atomic mass is 16.6. The highest BCUT2D eigenvalue weighted by Gasteiger charge is 2.28. The molecule has 0 saturated heterocycles. The topological polar surface area (TPSA) is 73.9 Å². The summed E-state index contributed by atoms with van der Waals surface area (Å²) in [6.45, 7) is 6.99. The molecule has 1 N–H and O–H groups in total. The van der Waals surface area contributed by atoms with Gasteiger partial charge in [-0.1, -0.05) is 91.4 Å². The maximum atomic E-state index is 12.5. The molecule has 0 fully saturated rings. The second-order valence-corrected chi connectivity index (χ2v) is 9.24. The van der Waals surface area contributed by atoms with E-state index in [1.54, 1.807) is 0 Å². The van der Waals surface area contributed by atoms with E-state index in [-0.39, 0.29) is 0 Å². The van der Waals surface area contributed by atoms with E-state index in [1.807, 2.05) is 38.1 Å². The lowest BCUT2D eigenvalue weighted by atomic mass is 10.1. The Balaban J connectivity index is 2.27. The van der Waals surface area contributed by atoms with Crippen molar-refractivity contribution in [3.8, 4) is 5.75 Å². The fourth-order valence-corrected chi connectivity index (χ4v) is 3.97. The maximum Gasteiger partial charge on any atom is 0.348 e. The Morgan fingerprint density at radius 1 is 0.743 bits per heavy atom. The van der Waals surface area contributed by atoms with E-state index in [0.717, 1.165) is 18.7 Å². The van der Waals surface area contributed by atoms with Crippen molar-refractivity contribution in [1.29, 1.82) is 0 Å². The van der Waals surface area contributed by atoms with Gasteiger partial charge in [0, 0.05) is 12.2 Å². The summed E-state index contributed by atoms with van der Waals surface area (Å²) in [5.41, 5.74) is 1.04. The Morgan fingerprint density at radius 3 is 1.83 bits per heavy atom. The van der Waals surface area contributed by atoms with Crippen LogP contribution < -0.4 is 10.1 Å². The summed E-state index contributed by atoms with van der Waals surface area (Å²) in [4.78, 5) is 24.3. The van der Waals surface area contributed by atoms with E-state index in [9.17, 15) is 9.59 Å². The number of anilines is 1. The van der Waals surface area contributed by atoms with Crippen LogP contribution >= 0.6 is 0 Å². The largest absolute Gasteiger partial charge is 0.479 e. The second kappa shape index (κ2) is 20.0. The fourth-order valence-electron chi connectivity index (χ4n) is 3.97. The van der Waals surface area contributed by atoms with Crippen molar-refractivity contribution in [1.82, 2.24) is 0 Å². The lowest BCUT2D eigenvalue weighted by molar-refractivity contribution is -0.171. The van der Waals surface area contributed by atoms with Crippen molar-refractivity contribution in [2.24, 2.45) is 0 Å². The van der Waals surface area contributed by atoms with Crippen molar-refractivity contribution in [2.75, 3.05) is 19.0 Å². The number of esters is 2. The van der Waals surface area contributed by atoms with Gasteiger partial charge in [0.25, 0.3) is 0 Å². The molecule has 0 aliphatic carbocycles. The first-order valence-corrected chi connectivity index (χ1v) is 13.8. The van der Waals surface area contributed by atoms with E-state index < -0.39 is 24.1 Å². The van der Waals surface area contributed by atoms with Gasteiger partial charge >= 0.3 is 11.9 Å². The van der Waals surface area contributed by atoms with Gasteiger partial charge in [-0.2, -0.15) is 0 Å². The van der Waals surface area contributed by atoms with Crippen LogP contribution in [0.1, 0.15) is 111 Å². The van der Waals surface area contributed by atoms with Crippen LogP contribution in [0, 0.1) is 0 Å². The van der Waals surface area contributed by atoms with Crippen LogP contribution in [0.25, 0.3) is 0 Å². The van der Waals surface area contributed by atoms with Gasteiger partial charge in [0.15, 0.2) is 12.2 Å². The zero-order valence-corrected chi connectivity index (χ0v) is 22.6. The van der Waals surface area contributed by atoms with Gasteiger partial charge in [0.2, 0.25) is 0 Å². The Morgan fingerprint density at radius 2 is 1.31 bits per heavy atom. The molecule has 2 atom stereocenters. The molecule has 2 unspecified atom stereocenters. The number of unbranched alkanes of at least 4 members (excludes halogenated alkanes) is 10. The SMILES string of the molecule is CCCCCCCCCCCCCNc1ccc(OC(CC)C(=O)OC(CCC)C(=O)OC)cc1. The summed E-state index contributed by atoms with van der Waals surface area (Å²) in [6, 6.07) is 7.62. The fraction of sp³-hybridized carbons (Fsp3) is 0.724. The normalized spacial score (nSPS) is 12.6. The zero-order chi connectivity index (χ0) is 25.7. The Hall–Kier alpha value is -2.24. The molecule has 0 aliphatic rings. The summed E-state index contributed by atoms with van der Waals surface area (Å²) in [6.07, 6.45) is 14.7. The lowest BCUT2D eigenvalue weighted by Gasteiger charge is -2.20. The van der Waals surface area contributed by atoms with Crippen molar-refractivity contribution < 1.29 is 23.8 Å². The monoisotopic (exact) mass is 491 g/mol. The number of carbonyl (C=O) groups excluding carboxylic acids is 2. The van der Waals surface area contributed by atoms with E-state index in [2.05, 4.69) is 12.2 Å². The molecule has 35 heavy (non-hydrogen) atoms. The average molecular weight is 492 g/mol. The highest BCUT2D eigenvalue weighted by molar-refractivity contribution is 5.81. The third kappa shape index (κ3) is 14.0. The molecule has 0 heterocycles. The van der Waals surface area contributed by atoms with Crippen molar-refractivity contribution in [3.63, 3.8) is 0 Å². The highest BCUT2D eigenvalue weighted by Crippen LogP contribution is 2.19. The summed E-state index contributed by atoms with van der Waals surface area (Å²) in [5, 5.41) is 3.45. The van der Waals surface area contributed by atoms with E-state index in [1.165, 1.54) is 71.3 Å². The molecule has 200 valence electrons. The third-order valence-electron chi connectivity index (χ3n) is 6.15. The minimum absolute atomic E-state index is 0.425. The van der Waals surface area contributed by atoms with Gasteiger partial charge in [-0.05, 0) is 43.5 Å². The Labute approximate surface area is 213 Å². The maximum absolute atomic E-state index is 12.5. The van der Waals surface area contributed by atoms with Gasteiger partial charge < -0.3 is 19.5 Å². The predicted molar refractivity (Wildman–Crippen MR) is 143 cm³/mol. The summed E-state index contributed by atoms with van der Waals surface area (Å²) in [7, 11) is 1.29. The standard InChI is InChI=1S/C29H49NO5/c1-5-8-9-10-11-12-13-14-15-16-17-23-30-24-19-21-25(22-20-24)34-26(7-3)29(32)35-27(18-6-2)28(31)33-4/h19-22,26-27,30H,5-18,23H2,1-4H3. The summed E-state index contributed by atoms with van der Waals surface area (Å²) in [5.74, 6) is -0.488. The molecular formula is C29H49NO5. The number of methoxy groups -OCH3 is 1. The van der Waals surface area contributed by atoms with Gasteiger partial charge in [-0.3, -0.25) is 0 Å². The first kappa shape index (κ1) is 30.8. The van der Waals surface area contributed by atoms with Crippen LogP contribution in [-0.2, 0) is 19.1 Å². The first-order chi connectivity index (χ1) is 17.0. The van der Waals surface area contributed by atoms with Gasteiger partial charge in [0.05, 0.1) is 7.11 Å². The molecule has 0 radical (unpaired) electrons. The van der Waals surface area contributed by atoms with E-state index >= 15 is 0 Å². The molecule has 1 aromatic carbocycles. The number of rotatable bonds is 21. The molecule has 1 rings (SSSR count). The average Bonchev–Trinajstić information content (AvgIpc) is 2.87. The van der Waals surface area contributed by atoms with Gasteiger partial charge in [-0.15, -0.1) is 0 Å². The van der Waals surface area contributed by atoms with Crippen LogP contribution in [0.4, 0.5) is 5.69 Å². The third-order valence-corrected chi connectivity index (χ3v) is 6.15. The quantitative estimate of drug-likeness (QED) is 0.142. The number of hydrogen-bond acceptors (Lipinski definition) is 6. The molecule has 0 saturated carbocycles. The van der Waals surface area contributed by atoms with Gasteiger partial charge in [0.1, 0.15) is 5.75 Å². The first-order valence-electron chi connectivity index (χ1n) is 13.8. The second-order valence-electron chi connectivity index (χ2n) is 9.24. The van der Waals surface area contributed by atoms with Crippen LogP contribution in [0.5, 0.6) is 5.75 Å². The molecule has 6 nitrogen and oxygen atoms in total. The Kier molecular flexibility index (Phi) is 17.6. The summed E-state index contributed by atoms with van der Waals surface area (Å²) >= 11 is 0. The molecular weight excluding hydrogens is 442 g/mol. The van der Waals surface area contributed by atoms with E-state index in [0.29, 0.717) is 25.0 Å². The minimum atomic E-state index is -0.891. The molecule has 0 spiro atoms. The lowest BCUT2D eigenvalue weighted by Crippen LogP contribution is -2.36. The van der Waals surface area contributed by atoms with Crippen molar-refractivity contribution >= 4 is 17.6 Å². The molecule has 0 aliphatic heterocycles. The van der Waals surface area contributed by atoms with Crippen LogP contribution in [0.15, 0.2) is 24.3 Å².